The molecule has 9 heteroatoms. The van der Waals surface area contributed by atoms with Crippen LogP contribution in [0.5, 0.6) is 0 Å². The summed E-state index contributed by atoms with van der Waals surface area (Å²) >= 11 is 1.29. The molecule has 0 fully saturated rings. The number of esters is 1. The average molecular weight is 431 g/mol. The number of hydrogen-bond donors (Lipinski definition) is 2. The summed E-state index contributed by atoms with van der Waals surface area (Å²) in [4.78, 5) is 23.8. The van der Waals surface area contributed by atoms with Gasteiger partial charge in [-0.05, 0) is 25.3 Å². The first-order valence-electron chi connectivity index (χ1n) is 9.20. The summed E-state index contributed by atoms with van der Waals surface area (Å²) in [5.74, 6) is 0.111. The number of benzene rings is 1. The number of ether oxygens (including phenoxy) is 1. The Morgan fingerprint density at radius 1 is 1.21 bits per heavy atom. The predicted molar refractivity (Wildman–Crippen MR) is 113 cm³/mol. The second-order valence-electron chi connectivity index (χ2n) is 7.47. The molecule has 1 rings (SSSR count). The highest BCUT2D eigenvalue weighted by molar-refractivity contribution is 8.13. The maximum atomic E-state index is 12.3. The SMILES string of the molecule is C[C@H](NP(N)(=O)OCCCCSC(=O)C(C)(C)C)C(=O)OCc1ccccc1. The van der Waals surface area contributed by atoms with E-state index in [2.05, 4.69) is 5.09 Å². The standard InChI is InChI=1S/C19H31N2O5PS/c1-15(17(22)25-14-16-10-6-5-7-11-16)21-27(20,24)26-12-8-9-13-28-18(23)19(2,3)4/h5-7,10-11,15H,8-9,12-14H2,1-4H3,(H3,20,21,24)/t15-,27?/m0/s1. The molecule has 0 amide bonds. The highest BCUT2D eigenvalue weighted by Crippen LogP contribution is 2.33. The first-order chi connectivity index (χ1) is 13.0. The smallest absolute Gasteiger partial charge is 0.338 e. The van der Waals surface area contributed by atoms with Gasteiger partial charge in [-0.1, -0.05) is 62.9 Å². The molecule has 0 aliphatic rings. The average Bonchev–Trinajstić information content (AvgIpc) is 2.61. The van der Waals surface area contributed by atoms with Crippen LogP contribution in [0.2, 0.25) is 0 Å². The summed E-state index contributed by atoms with van der Waals surface area (Å²) < 4.78 is 22.6. The van der Waals surface area contributed by atoms with Crippen molar-refractivity contribution in [1.82, 2.24) is 5.09 Å². The molecular formula is C19H31N2O5PS. The lowest BCUT2D eigenvalue weighted by molar-refractivity contribution is -0.146. The van der Waals surface area contributed by atoms with Crippen molar-refractivity contribution in [1.29, 1.82) is 0 Å². The third kappa shape index (κ3) is 10.4. The molecule has 0 saturated carbocycles. The Kier molecular flexibility index (Phi) is 10.4. The number of carbonyl (C=O) groups excluding carboxylic acids is 2. The van der Waals surface area contributed by atoms with E-state index >= 15 is 0 Å². The van der Waals surface area contributed by atoms with Crippen LogP contribution in [0.1, 0.15) is 46.1 Å². The Bertz CT molecular complexity index is 679. The summed E-state index contributed by atoms with van der Waals surface area (Å²) in [6.45, 7) is 7.48. The molecule has 28 heavy (non-hydrogen) atoms. The molecule has 0 aliphatic heterocycles. The van der Waals surface area contributed by atoms with Crippen molar-refractivity contribution in [2.45, 2.75) is 53.2 Å². The Morgan fingerprint density at radius 2 is 1.86 bits per heavy atom. The monoisotopic (exact) mass is 430 g/mol. The Morgan fingerprint density at radius 3 is 2.46 bits per heavy atom. The van der Waals surface area contributed by atoms with Crippen LogP contribution in [0, 0.1) is 5.41 Å². The van der Waals surface area contributed by atoms with Crippen molar-refractivity contribution in [3.8, 4) is 0 Å². The zero-order valence-corrected chi connectivity index (χ0v) is 18.7. The van der Waals surface area contributed by atoms with Crippen LogP contribution in [0.25, 0.3) is 0 Å². The van der Waals surface area contributed by atoms with Gasteiger partial charge in [-0.15, -0.1) is 0 Å². The van der Waals surface area contributed by atoms with E-state index in [-0.39, 0.29) is 23.7 Å². The van der Waals surface area contributed by atoms with Crippen LogP contribution in [-0.2, 0) is 30.0 Å². The number of nitrogens with two attached hydrogens (primary N) is 1. The van der Waals surface area contributed by atoms with Crippen molar-refractivity contribution in [2.75, 3.05) is 12.4 Å². The molecule has 7 nitrogen and oxygen atoms in total. The molecule has 2 atom stereocenters. The van der Waals surface area contributed by atoms with E-state index in [1.54, 1.807) is 0 Å². The molecule has 0 saturated heterocycles. The summed E-state index contributed by atoms with van der Waals surface area (Å²) in [6.07, 6.45) is 1.35. The minimum atomic E-state index is -3.62. The maximum absolute atomic E-state index is 12.3. The number of thioether (sulfide) groups is 1. The van der Waals surface area contributed by atoms with Gasteiger partial charge in [0.15, 0.2) is 5.12 Å². The van der Waals surface area contributed by atoms with Gasteiger partial charge in [-0.25, -0.2) is 10.6 Å². The van der Waals surface area contributed by atoms with Gasteiger partial charge < -0.3 is 9.26 Å². The largest absolute Gasteiger partial charge is 0.460 e. The third-order valence-electron chi connectivity index (χ3n) is 3.62. The summed E-state index contributed by atoms with van der Waals surface area (Å²) in [5, 5.41) is 2.64. The van der Waals surface area contributed by atoms with Gasteiger partial charge in [0.1, 0.15) is 12.6 Å². The zero-order chi connectivity index (χ0) is 21.2. The number of unbranched alkanes of at least 4 members (excludes halogenated alkanes) is 1. The van der Waals surface area contributed by atoms with Crippen LogP contribution in [-0.4, -0.2) is 29.5 Å². The fraction of sp³-hybridized carbons (Fsp3) is 0.579. The van der Waals surface area contributed by atoms with Crippen LogP contribution in [0.4, 0.5) is 0 Å². The van der Waals surface area contributed by atoms with E-state index in [4.69, 9.17) is 14.8 Å². The van der Waals surface area contributed by atoms with Gasteiger partial charge in [-0.3, -0.25) is 14.2 Å². The van der Waals surface area contributed by atoms with Crippen molar-refractivity contribution in [2.24, 2.45) is 10.9 Å². The number of rotatable bonds is 11. The molecule has 1 aromatic carbocycles. The summed E-state index contributed by atoms with van der Waals surface area (Å²) in [7, 11) is -3.62. The molecule has 0 bridgehead atoms. The van der Waals surface area contributed by atoms with Gasteiger partial charge in [0, 0.05) is 11.2 Å². The maximum Gasteiger partial charge on any atom is 0.338 e. The Balaban J connectivity index is 2.24. The number of hydrogen-bond acceptors (Lipinski definition) is 6. The van der Waals surface area contributed by atoms with Crippen LogP contribution < -0.4 is 10.6 Å². The minimum Gasteiger partial charge on any atom is -0.460 e. The number of nitrogens with one attached hydrogen (secondary N) is 1. The lowest BCUT2D eigenvalue weighted by Crippen LogP contribution is -2.35. The molecule has 1 aromatic rings. The zero-order valence-electron chi connectivity index (χ0n) is 17.0. The molecule has 3 N–H and O–H groups in total. The van der Waals surface area contributed by atoms with E-state index in [0.29, 0.717) is 12.2 Å². The fourth-order valence-corrected chi connectivity index (χ4v) is 4.09. The van der Waals surface area contributed by atoms with E-state index in [0.717, 1.165) is 12.0 Å². The fourth-order valence-electron chi connectivity index (χ4n) is 2.00. The molecule has 0 radical (unpaired) electrons. The van der Waals surface area contributed by atoms with Crippen molar-refractivity contribution in [3.63, 3.8) is 0 Å². The van der Waals surface area contributed by atoms with Crippen molar-refractivity contribution >= 4 is 30.5 Å². The Labute approximate surface area is 171 Å². The highest BCUT2D eigenvalue weighted by atomic mass is 32.2. The van der Waals surface area contributed by atoms with E-state index in [1.165, 1.54) is 18.7 Å². The topological polar surface area (TPSA) is 108 Å². The van der Waals surface area contributed by atoms with Crippen LogP contribution in [0.3, 0.4) is 0 Å². The van der Waals surface area contributed by atoms with Crippen molar-refractivity contribution < 1.29 is 23.4 Å². The molecule has 0 aromatic heterocycles. The lowest BCUT2D eigenvalue weighted by atomic mass is 10.00. The van der Waals surface area contributed by atoms with E-state index < -0.39 is 19.7 Å². The molecule has 1 unspecified atom stereocenters. The van der Waals surface area contributed by atoms with E-state index in [1.807, 2.05) is 51.1 Å². The quantitative estimate of drug-likeness (QED) is 0.309. The van der Waals surface area contributed by atoms with Crippen LogP contribution in [0.15, 0.2) is 30.3 Å². The second-order valence-corrected chi connectivity index (χ2v) is 10.2. The first kappa shape index (κ1) is 24.9. The second kappa shape index (κ2) is 11.7. The molecule has 0 aliphatic carbocycles. The lowest BCUT2D eigenvalue weighted by Gasteiger charge is -2.19. The molecule has 0 spiro atoms. The van der Waals surface area contributed by atoms with Crippen LogP contribution >= 0.6 is 19.4 Å². The third-order valence-corrected chi connectivity index (χ3v) is 6.30. The van der Waals surface area contributed by atoms with Crippen molar-refractivity contribution in [3.05, 3.63) is 35.9 Å². The highest BCUT2D eigenvalue weighted by Gasteiger charge is 2.25. The normalized spacial score (nSPS) is 14.9. The molecule has 158 valence electrons. The van der Waals surface area contributed by atoms with Gasteiger partial charge in [-0.2, -0.15) is 0 Å². The first-order valence-corrected chi connectivity index (χ1v) is 11.9. The summed E-state index contributed by atoms with van der Waals surface area (Å²) in [5.41, 5.74) is 6.14. The van der Waals surface area contributed by atoms with E-state index in [9.17, 15) is 14.2 Å². The predicted octanol–water partition coefficient (Wildman–Crippen LogP) is 3.88. The molecule has 0 heterocycles. The van der Waals surface area contributed by atoms with Gasteiger partial charge in [0.05, 0.1) is 6.61 Å². The number of carbonyl (C=O) groups is 2. The van der Waals surface area contributed by atoms with Gasteiger partial charge >= 0.3 is 13.6 Å². The molecular weight excluding hydrogens is 399 g/mol. The van der Waals surface area contributed by atoms with Gasteiger partial charge in [0.25, 0.3) is 0 Å². The summed E-state index contributed by atoms with van der Waals surface area (Å²) in [6, 6.07) is 8.40. The minimum absolute atomic E-state index is 0.131. The van der Waals surface area contributed by atoms with Gasteiger partial charge in [0.2, 0.25) is 0 Å². The Hall–Kier alpha value is -1.18.